The molecular formula is C21H23Cl2FN2O3. The second kappa shape index (κ2) is 10.3. The van der Waals surface area contributed by atoms with Gasteiger partial charge in [0.25, 0.3) is 5.91 Å². The van der Waals surface area contributed by atoms with Crippen LogP contribution in [0.15, 0.2) is 48.5 Å². The number of anilines is 1. The van der Waals surface area contributed by atoms with Crippen LogP contribution in [0.1, 0.15) is 11.7 Å². The lowest BCUT2D eigenvalue weighted by Crippen LogP contribution is -2.43. The first-order valence-corrected chi connectivity index (χ1v) is 10.2. The number of carbonyl (C=O) groups is 1. The van der Waals surface area contributed by atoms with E-state index in [9.17, 15) is 14.3 Å². The zero-order chi connectivity index (χ0) is 20.8. The minimum Gasteiger partial charge on any atom is -0.386 e. The molecule has 0 aromatic heterocycles. The average Bonchev–Trinajstić information content (AvgIpc) is 2.77. The predicted molar refractivity (Wildman–Crippen MR) is 113 cm³/mol. The van der Waals surface area contributed by atoms with E-state index >= 15 is 0 Å². The number of nitrogens with zero attached hydrogens (tertiary/aromatic N) is 1. The molecule has 8 heteroatoms. The van der Waals surface area contributed by atoms with E-state index in [1.165, 1.54) is 0 Å². The first-order chi connectivity index (χ1) is 14.0. The molecule has 0 unspecified atom stereocenters. The molecule has 1 fully saturated rings. The van der Waals surface area contributed by atoms with Crippen molar-refractivity contribution in [2.45, 2.75) is 17.0 Å². The second-order valence-corrected chi connectivity index (χ2v) is 7.88. The number of carbonyl (C=O) groups excluding carboxylic acids is 1. The Kier molecular flexibility index (Phi) is 7.72. The number of aliphatic hydroxyl groups excluding tert-OH is 1. The van der Waals surface area contributed by atoms with E-state index in [1.54, 1.807) is 12.1 Å². The predicted octanol–water partition coefficient (Wildman–Crippen LogP) is 3.48. The van der Waals surface area contributed by atoms with Crippen LogP contribution in [-0.2, 0) is 9.53 Å². The van der Waals surface area contributed by atoms with Crippen LogP contribution in [0.4, 0.5) is 10.1 Å². The van der Waals surface area contributed by atoms with Crippen LogP contribution in [0.2, 0.25) is 0 Å². The van der Waals surface area contributed by atoms with Gasteiger partial charge in [0.05, 0.1) is 19.3 Å². The Bertz CT molecular complexity index is 797. The van der Waals surface area contributed by atoms with Gasteiger partial charge in [0.15, 0.2) is 4.84 Å². The summed E-state index contributed by atoms with van der Waals surface area (Å²) < 4.78 is 18.7. The molecule has 1 saturated heterocycles. The summed E-state index contributed by atoms with van der Waals surface area (Å²) in [7, 11) is 0. The highest BCUT2D eigenvalue weighted by Crippen LogP contribution is 2.26. The number of hydrogen-bond donors (Lipinski definition) is 2. The van der Waals surface area contributed by atoms with E-state index in [1.807, 2.05) is 24.3 Å². The summed E-state index contributed by atoms with van der Waals surface area (Å²) in [6.45, 7) is 2.29. The van der Waals surface area contributed by atoms with E-state index in [4.69, 9.17) is 27.9 Å². The standard InChI is InChI=1S/C21H23Cl2FN2O3/c22-20(23)21(28)25-18(13-24)19(27)16-3-1-14(2-4-16)15-5-7-17(8-6-15)26-9-11-29-12-10-26/h1-8,18-20,27H,9-13H2,(H,25,28)/t18-,19-/m1/s1. The number of nitrogens with one attached hydrogen (secondary N) is 1. The summed E-state index contributed by atoms with van der Waals surface area (Å²) in [4.78, 5) is 12.5. The fourth-order valence-corrected chi connectivity index (χ4v) is 3.36. The van der Waals surface area contributed by atoms with Crippen LogP contribution >= 0.6 is 23.2 Å². The van der Waals surface area contributed by atoms with Gasteiger partial charge in [0.2, 0.25) is 0 Å². The quantitative estimate of drug-likeness (QED) is 0.646. The van der Waals surface area contributed by atoms with Gasteiger partial charge in [0, 0.05) is 18.8 Å². The highest BCUT2D eigenvalue weighted by Gasteiger charge is 2.25. The van der Waals surface area contributed by atoms with Crippen molar-refractivity contribution in [1.29, 1.82) is 0 Å². The number of alkyl halides is 3. The molecule has 2 aromatic rings. The first kappa shape index (κ1) is 21.8. The van der Waals surface area contributed by atoms with Crippen molar-refractivity contribution < 1.29 is 19.0 Å². The molecule has 0 radical (unpaired) electrons. The molecule has 0 aliphatic carbocycles. The van der Waals surface area contributed by atoms with Gasteiger partial charge in [0.1, 0.15) is 12.8 Å². The molecule has 0 saturated carbocycles. The van der Waals surface area contributed by atoms with Gasteiger partial charge in [-0.25, -0.2) is 4.39 Å². The Hall–Kier alpha value is -1.86. The molecule has 1 aliphatic heterocycles. The van der Waals surface area contributed by atoms with Crippen LogP contribution in [0.25, 0.3) is 11.1 Å². The number of amides is 1. The van der Waals surface area contributed by atoms with Crippen molar-refractivity contribution in [3.8, 4) is 11.1 Å². The third kappa shape index (κ3) is 5.60. The minimum atomic E-state index is -1.32. The summed E-state index contributed by atoms with van der Waals surface area (Å²) in [5.41, 5.74) is 3.65. The van der Waals surface area contributed by atoms with Crippen molar-refractivity contribution in [2.24, 2.45) is 0 Å². The number of rotatable bonds is 7. The molecule has 1 aliphatic rings. The smallest absolute Gasteiger partial charge is 0.253 e. The maximum Gasteiger partial charge on any atom is 0.253 e. The molecule has 2 aromatic carbocycles. The molecule has 2 N–H and O–H groups in total. The largest absolute Gasteiger partial charge is 0.386 e. The topological polar surface area (TPSA) is 61.8 Å². The Labute approximate surface area is 179 Å². The lowest BCUT2D eigenvalue weighted by Gasteiger charge is -2.29. The second-order valence-electron chi connectivity index (χ2n) is 6.78. The monoisotopic (exact) mass is 440 g/mol. The van der Waals surface area contributed by atoms with Crippen molar-refractivity contribution in [1.82, 2.24) is 5.32 Å². The number of hydrogen-bond acceptors (Lipinski definition) is 4. The van der Waals surface area contributed by atoms with Gasteiger partial charge < -0.3 is 20.1 Å². The first-order valence-electron chi connectivity index (χ1n) is 9.35. The molecule has 5 nitrogen and oxygen atoms in total. The average molecular weight is 441 g/mol. The van der Waals surface area contributed by atoms with Crippen LogP contribution in [0.5, 0.6) is 0 Å². The lowest BCUT2D eigenvalue weighted by molar-refractivity contribution is -0.121. The Balaban J connectivity index is 1.68. The molecular weight excluding hydrogens is 418 g/mol. The maximum absolute atomic E-state index is 13.3. The van der Waals surface area contributed by atoms with E-state index in [0.29, 0.717) is 5.56 Å². The van der Waals surface area contributed by atoms with Gasteiger partial charge in [-0.2, -0.15) is 0 Å². The number of halogens is 3. The SMILES string of the molecule is O=C(N[C@H](CF)[C@H](O)c1ccc(-c2ccc(N3CCOCC3)cc2)cc1)C(Cl)Cl. The van der Waals surface area contributed by atoms with Crippen molar-refractivity contribution in [3.05, 3.63) is 54.1 Å². The van der Waals surface area contributed by atoms with Gasteiger partial charge in [-0.3, -0.25) is 4.79 Å². The summed E-state index contributed by atoms with van der Waals surface area (Å²) in [6, 6.07) is 14.2. The lowest BCUT2D eigenvalue weighted by atomic mass is 9.98. The summed E-state index contributed by atoms with van der Waals surface area (Å²) >= 11 is 10.9. The van der Waals surface area contributed by atoms with Crippen LogP contribution in [0.3, 0.4) is 0 Å². The summed E-state index contributed by atoms with van der Waals surface area (Å²) in [5.74, 6) is -0.744. The third-order valence-electron chi connectivity index (χ3n) is 4.90. The van der Waals surface area contributed by atoms with Gasteiger partial charge in [-0.1, -0.05) is 59.6 Å². The fourth-order valence-electron chi connectivity index (χ4n) is 3.24. The Morgan fingerprint density at radius 1 is 1.07 bits per heavy atom. The molecule has 2 atom stereocenters. The number of morpholine rings is 1. The van der Waals surface area contributed by atoms with Crippen molar-refractivity contribution in [3.63, 3.8) is 0 Å². The van der Waals surface area contributed by atoms with E-state index in [2.05, 4.69) is 22.3 Å². The van der Waals surface area contributed by atoms with E-state index in [-0.39, 0.29) is 0 Å². The molecule has 0 spiro atoms. The summed E-state index contributed by atoms with van der Waals surface area (Å²) in [6.07, 6.45) is -1.21. The molecule has 3 rings (SSSR count). The van der Waals surface area contributed by atoms with Gasteiger partial charge in [-0.05, 0) is 28.8 Å². The zero-order valence-electron chi connectivity index (χ0n) is 15.7. The van der Waals surface area contributed by atoms with Crippen molar-refractivity contribution in [2.75, 3.05) is 37.9 Å². The van der Waals surface area contributed by atoms with E-state index in [0.717, 1.165) is 43.1 Å². The highest BCUT2D eigenvalue weighted by molar-refractivity contribution is 6.53. The number of benzene rings is 2. The number of aliphatic hydroxyl groups is 1. The van der Waals surface area contributed by atoms with Gasteiger partial charge in [-0.15, -0.1) is 0 Å². The highest BCUT2D eigenvalue weighted by atomic mass is 35.5. The Morgan fingerprint density at radius 2 is 1.62 bits per heavy atom. The molecule has 0 bridgehead atoms. The van der Waals surface area contributed by atoms with E-state index < -0.39 is 29.6 Å². The summed E-state index contributed by atoms with van der Waals surface area (Å²) in [5, 5.41) is 12.7. The zero-order valence-corrected chi connectivity index (χ0v) is 17.2. The van der Waals surface area contributed by atoms with Gasteiger partial charge >= 0.3 is 0 Å². The molecule has 1 heterocycles. The number of ether oxygens (including phenoxy) is 1. The minimum absolute atomic E-state index is 0.488. The normalized spacial score (nSPS) is 16.5. The Morgan fingerprint density at radius 3 is 2.14 bits per heavy atom. The van der Waals surface area contributed by atoms with Crippen LogP contribution < -0.4 is 10.2 Å². The third-order valence-corrected chi connectivity index (χ3v) is 5.30. The molecule has 1 amide bonds. The van der Waals surface area contributed by atoms with Crippen LogP contribution in [-0.4, -0.2) is 54.9 Å². The molecule has 29 heavy (non-hydrogen) atoms. The molecule has 156 valence electrons. The maximum atomic E-state index is 13.3. The fraction of sp³-hybridized carbons (Fsp3) is 0.381. The van der Waals surface area contributed by atoms with Crippen LogP contribution in [0, 0.1) is 0 Å². The van der Waals surface area contributed by atoms with Crippen molar-refractivity contribution >= 4 is 34.8 Å².